The third-order valence-electron chi connectivity index (χ3n) is 2.41. The Morgan fingerprint density at radius 2 is 2.18 bits per heavy atom. The molecule has 0 aromatic carbocycles. The van der Waals surface area contributed by atoms with Gasteiger partial charge in [0.1, 0.15) is 5.76 Å². The van der Waals surface area contributed by atoms with Crippen LogP contribution in [0.25, 0.3) is 0 Å². The molecule has 1 heterocycles. The van der Waals surface area contributed by atoms with Crippen LogP contribution in [0.15, 0.2) is 16.7 Å². The molecule has 0 aliphatic rings. The van der Waals surface area contributed by atoms with E-state index in [1.807, 2.05) is 6.92 Å². The Bertz CT molecular complexity index is 384. The Kier molecular flexibility index (Phi) is 5.26. The van der Waals surface area contributed by atoms with Gasteiger partial charge < -0.3 is 14.8 Å². The van der Waals surface area contributed by atoms with E-state index < -0.39 is 5.97 Å². The zero-order valence-corrected chi connectivity index (χ0v) is 9.86. The van der Waals surface area contributed by atoms with Crippen molar-refractivity contribution in [3.05, 3.63) is 23.7 Å². The average Bonchev–Trinajstić information content (AvgIpc) is 2.75. The predicted octanol–water partition coefficient (Wildman–Crippen LogP) is 1.83. The van der Waals surface area contributed by atoms with Gasteiger partial charge in [-0.15, -0.1) is 0 Å². The normalized spacial score (nSPS) is 10.2. The second-order valence-electron chi connectivity index (χ2n) is 3.72. The van der Waals surface area contributed by atoms with Crippen LogP contribution in [0.3, 0.4) is 0 Å². The van der Waals surface area contributed by atoms with Crippen LogP contribution in [0.2, 0.25) is 0 Å². The lowest BCUT2D eigenvalue weighted by Crippen LogP contribution is -2.24. The molecule has 0 saturated heterocycles. The number of carboxylic acid groups (broad SMARTS) is 1. The molecule has 0 radical (unpaired) electrons. The lowest BCUT2D eigenvalue weighted by atomic mass is 10.2. The highest BCUT2D eigenvalue weighted by atomic mass is 16.4. The monoisotopic (exact) mass is 239 g/mol. The Morgan fingerprint density at radius 1 is 1.41 bits per heavy atom. The van der Waals surface area contributed by atoms with Crippen molar-refractivity contribution in [3.63, 3.8) is 0 Å². The quantitative estimate of drug-likeness (QED) is 0.711. The molecule has 1 amide bonds. The minimum Gasteiger partial charge on any atom is -0.481 e. The predicted molar refractivity (Wildman–Crippen MR) is 61.9 cm³/mol. The SMILES string of the molecule is CCc1occc1C(=O)NCCCCC(=O)O. The maximum atomic E-state index is 11.7. The molecule has 2 N–H and O–H groups in total. The summed E-state index contributed by atoms with van der Waals surface area (Å²) in [4.78, 5) is 22.0. The van der Waals surface area contributed by atoms with Gasteiger partial charge in [-0.3, -0.25) is 9.59 Å². The van der Waals surface area contributed by atoms with Crippen LogP contribution in [-0.2, 0) is 11.2 Å². The third kappa shape index (κ3) is 4.30. The first-order valence-electron chi connectivity index (χ1n) is 5.71. The fourth-order valence-electron chi connectivity index (χ4n) is 1.52. The summed E-state index contributed by atoms with van der Waals surface area (Å²) in [6, 6.07) is 1.64. The van der Waals surface area contributed by atoms with Gasteiger partial charge in [0.05, 0.1) is 11.8 Å². The molecule has 1 aromatic heterocycles. The van der Waals surface area contributed by atoms with E-state index in [1.54, 1.807) is 6.07 Å². The minimum atomic E-state index is -0.806. The van der Waals surface area contributed by atoms with Crippen LogP contribution < -0.4 is 5.32 Å². The number of unbranched alkanes of at least 4 members (excludes halogenated alkanes) is 1. The molecular weight excluding hydrogens is 222 g/mol. The molecule has 0 fully saturated rings. The van der Waals surface area contributed by atoms with E-state index in [0.29, 0.717) is 37.1 Å². The summed E-state index contributed by atoms with van der Waals surface area (Å²) in [6.07, 6.45) is 3.55. The highest BCUT2D eigenvalue weighted by molar-refractivity contribution is 5.95. The molecule has 0 atom stereocenters. The van der Waals surface area contributed by atoms with Crippen molar-refractivity contribution >= 4 is 11.9 Å². The molecule has 0 unspecified atom stereocenters. The maximum Gasteiger partial charge on any atom is 0.303 e. The first-order chi connectivity index (χ1) is 8.15. The van der Waals surface area contributed by atoms with Crippen LogP contribution in [0.4, 0.5) is 0 Å². The van der Waals surface area contributed by atoms with Crippen molar-refractivity contribution in [2.24, 2.45) is 0 Å². The van der Waals surface area contributed by atoms with E-state index in [9.17, 15) is 9.59 Å². The number of hydrogen-bond donors (Lipinski definition) is 2. The Morgan fingerprint density at radius 3 is 2.82 bits per heavy atom. The number of carbonyl (C=O) groups is 2. The number of amides is 1. The first kappa shape index (κ1) is 13.3. The highest BCUT2D eigenvalue weighted by Gasteiger charge is 2.12. The van der Waals surface area contributed by atoms with Gasteiger partial charge in [0.2, 0.25) is 0 Å². The second kappa shape index (κ2) is 6.73. The lowest BCUT2D eigenvalue weighted by Gasteiger charge is -2.03. The highest BCUT2D eigenvalue weighted by Crippen LogP contribution is 2.10. The van der Waals surface area contributed by atoms with Gasteiger partial charge in [-0.1, -0.05) is 6.92 Å². The number of rotatable bonds is 7. The molecule has 0 bridgehead atoms. The number of aliphatic carboxylic acids is 1. The summed E-state index contributed by atoms with van der Waals surface area (Å²) < 4.78 is 5.16. The average molecular weight is 239 g/mol. The lowest BCUT2D eigenvalue weighted by molar-refractivity contribution is -0.137. The number of nitrogens with one attached hydrogen (secondary N) is 1. The topological polar surface area (TPSA) is 79.5 Å². The van der Waals surface area contributed by atoms with E-state index in [-0.39, 0.29) is 12.3 Å². The fourth-order valence-corrected chi connectivity index (χ4v) is 1.52. The van der Waals surface area contributed by atoms with Gasteiger partial charge in [0, 0.05) is 19.4 Å². The van der Waals surface area contributed by atoms with Crippen molar-refractivity contribution in [2.75, 3.05) is 6.54 Å². The van der Waals surface area contributed by atoms with E-state index in [1.165, 1.54) is 6.26 Å². The van der Waals surface area contributed by atoms with E-state index in [0.717, 1.165) is 0 Å². The molecule has 17 heavy (non-hydrogen) atoms. The summed E-state index contributed by atoms with van der Waals surface area (Å²) in [5.41, 5.74) is 0.561. The molecule has 0 saturated carbocycles. The van der Waals surface area contributed by atoms with Crippen molar-refractivity contribution in [1.82, 2.24) is 5.32 Å². The van der Waals surface area contributed by atoms with Gasteiger partial charge in [0.25, 0.3) is 5.91 Å². The first-order valence-corrected chi connectivity index (χ1v) is 5.71. The van der Waals surface area contributed by atoms with Gasteiger partial charge in [-0.05, 0) is 18.9 Å². The zero-order chi connectivity index (χ0) is 12.7. The van der Waals surface area contributed by atoms with E-state index in [4.69, 9.17) is 9.52 Å². The van der Waals surface area contributed by atoms with Crippen molar-refractivity contribution in [1.29, 1.82) is 0 Å². The largest absolute Gasteiger partial charge is 0.481 e. The van der Waals surface area contributed by atoms with Crippen LogP contribution >= 0.6 is 0 Å². The van der Waals surface area contributed by atoms with E-state index in [2.05, 4.69) is 5.32 Å². The Hall–Kier alpha value is -1.78. The number of carboxylic acids is 1. The number of furan rings is 1. The van der Waals surface area contributed by atoms with Gasteiger partial charge in [0.15, 0.2) is 0 Å². The molecule has 0 aliphatic heterocycles. The van der Waals surface area contributed by atoms with Gasteiger partial charge >= 0.3 is 5.97 Å². The molecule has 5 heteroatoms. The molecular formula is C12H17NO4. The summed E-state index contributed by atoms with van der Waals surface area (Å²) in [7, 11) is 0. The smallest absolute Gasteiger partial charge is 0.303 e. The molecule has 1 aromatic rings. The van der Waals surface area contributed by atoms with Crippen molar-refractivity contribution in [3.8, 4) is 0 Å². The van der Waals surface area contributed by atoms with Crippen LogP contribution in [0.5, 0.6) is 0 Å². The minimum absolute atomic E-state index is 0.141. The van der Waals surface area contributed by atoms with Crippen molar-refractivity contribution in [2.45, 2.75) is 32.6 Å². The Labute approximate surface area is 99.8 Å². The molecule has 5 nitrogen and oxygen atoms in total. The van der Waals surface area contributed by atoms with Crippen molar-refractivity contribution < 1.29 is 19.1 Å². The standard InChI is InChI=1S/C12H17NO4/c1-2-10-9(6-8-17-10)12(16)13-7-4-3-5-11(14)15/h6,8H,2-5,7H2,1H3,(H,13,16)(H,14,15). The van der Waals surface area contributed by atoms with Gasteiger partial charge in [-0.25, -0.2) is 0 Å². The van der Waals surface area contributed by atoms with Crippen LogP contribution in [-0.4, -0.2) is 23.5 Å². The summed E-state index contributed by atoms with van der Waals surface area (Å²) in [5, 5.41) is 11.2. The molecule has 94 valence electrons. The zero-order valence-electron chi connectivity index (χ0n) is 9.86. The molecule has 1 rings (SSSR count). The molecule has 0 aliphatic carbocycles. The second-order valence-corrected chi connectivity index (χ2v) is 3.72. The maximum absolute atomic E-state index is 11.7. The fraction of sp³-hybridized carbons (Fsp3) is 0.500. The Balaban J connectivity index is 2.28. The van der Waals surface area contributed by atoms with E-state index >= 15 is 0 Å². The van der Waals surface area contributed by atoms with Crippen LogP contribution in [0.1, 0.15) is 42.3 Å². The molecule has 0 spiro atoms. The number of hydrogen-bond acceptors (Lipinski definition) is 3. The number of aryl methyl sites for hydroxylation is 1. The number of carbonyl (C=O) groups excluding carboxylic acids is 1. The van der Waals surface area contributed by atoms with Crippen LogP contribution in [0, 0.1) is 0 Å². The third-order valence-corrected chi connectivity index (χ3v) is 2.41. The summed E-state index contributed by atoms with van der Waals surface area (Å²) in [6.45, 7) is 2.41. The van der Waals surface area contributed by atoms with Gasteiger partial charge in [-0.2, -0.15) is 0 Å². The summed E-state index contributed by atoms with van der Waals surface area (Å²) in [5.74, 6) is -0.293. The summed E-state index contributed by atoms with van der Waals surface area (Å²) >= 11 is 0.